The molecular weight excluding hydrogens is 402 g/mol. The summed E-state index contributed by atoms with van der Waals surface area (Å²) in [6.07, 6.45) is 4.01. The molecule has 0 radical (unpaired) electrons. The molecule has 11 nitrogen and oxygen atoms in total. The fraction of sp³-hybridized carbons (Fsp3) is 0.650. The number of amides is 2. The molecule has 31 heavy (non-hydrogen) atoms. The van der Waals surface area contributed by atoms with Crippen molar-refractivity contribution in [1.82, 2.24) is 30.0 Å². The zero-order chi connectivity index (χ0) is 22.0. The summed E-state index contributed by atoms with van der Waals surface area (Å²) in [5.74, 6) is 0.196. The normalized spacial score (nSPS) is 23.6. The summed E-state index contributed by atoms with van der Waals surface area (Å²) in [5.41, 5.74) is 0.205. The number of aryl methyl sites for hydroxylation is 1. The van der Waals surface area contributed by atoms with E-state index < -0.39 is 0 Å². The number of aromatic amines is 1. The van der Waals surface area contributed by atoms with Crippen molar-refractivity contribution in [3.8, 4) is 0 Å². The minimum absolute atomic E-state index is 0.0313. The Morgan fingerprint density at radius 3 is 2.68 bits per heavy atom. The second kappa shape index (κ2) is 9.04. The summed E-state index contributed by atoms with van der Waals surface area (Å²) in [4.78, 5) is 48.7. The number of hydrogen-bond acceptors (Lipinski definition) is 7. The third-order valence-electron chi connectivity index (χ3n) is 6.20. The molecular formula is C20H29N7O4. The first-order valence-corrected chi connectivity index (χ1v) is 10.8. The molecule has 3 heterocycles. The number of carbonyl (C=O) groups is 2. The first-order chi connectivity index (χ1) is 14.9. The molecule has 2 aromatic rings. The number of anilines is 1. The molecule has 2 aliphatic rings. The average Bonchev–Trinajstić information content (AvgIpc) is 3.14. The number of nitrogens with zero attached hydrogens (tertiary/aromatic N) is 5. The van der Waals surface area contributed by atoms with Gasteiger partial charge in [0.25, 0.3) is 5.56 Å². The first-order valence-electron chi connectivity index (χ1n) is 10.8. The molecule has 4 rings (SSSR count). The molecule has 11 heteroatoms. The van der Waals surface area contributed by atoms with Crippen molar-refractivity contribution in [1.29, 1.82) is 0 Å². The third-order valence-corrected chi connectivity index (χ3v) is 6.20. The maximum absolute atomic E-state index is 13.1. The van der Waals surface area contributed by atoms with Crippen LogP contribution >= 0.6 is 0 Å². The lowest BCUT2D eigenvalue weighted by atomic mass is 9.86. The van der Waals surface area contributed by atoms with Gasteiger partial charge in [-0.15, -0.1) is 0 Å². The number of aliphatic hydroxyl groups is 1. The van der Waals surface area contributed by atoms with E-state index in [-0.39, 0.29) is 35.8 Å². The van der Waals surface area contributed by atoms with Gasteiger partial charge in [-0.05, 0) is 25.7 Å². The maximum Gasteiger partial charge on any atom is 0.263 e. The monoisotopic (exact) mass is 431 g/mol. The number of aliphatic hydroxyl groups excluding tert-OH is 1. The van der Waals surface area contributed by atoms with Crippen LogP contribution in [0.5, 0.6) is 0 Å². The van der Waals surface area contributed by atoms with Crippen molar-refractivity contribution in [2.45, 2.75) is 38.2 Å². The third kappa shape index (κ3) is 4.71. The molecule has 0 atom stereocenters. The summed E-state index contributed by atoms with van der Waals surface area (Å²) < 4.78 is 1.55. The standard InChI is InChI=1S/C20H29N7O4/c1-25-17-15(12-22-25)18(30)24-20(23-17)27-9-7-21-16(29)6-8-26(10-11-27)19(31)13-2-4-14(28)5-3-13/h12-14,28H,2-11H2,1H3,(H,21,29)(H,23,24,30). The van der Waals surface area contributed by atoms with E-state index in [1.54, 1.807) is 16.6 Å². The van der Waals surface area contributed by atoms with Crippen molar-refractivity contribution >= 4 is 28.8 Å². The summed E-state index contributed by atoms with van der Waals surface area (Å²) in [6.45, 7) is 2.12. The number of rotatable bonds is 2. The van der Waals surface area contributed by atoms with Crippen molar-refractivity contribution in [3.05, 3.63) is 16.6 Å². The van der Waals surface area contributed by atoms with E-state index in [2.05, 4.69) is 20.4 Å². The molecule has 1 aliphatic carbocycles. The van der Waals surface area contributed by atoms with Crippen LogP contribution in [0.4, 0.5) is 5.95 Å². The second-order valence-electron chi connectivity index (χ2n) is 8.31. The molecule has 1 saturated carbocycles. The summed E-state index contributed by atoms with van der Waals surface area (Å²) >= 11 is 0. The molecule has 2 aromatic heterocycles. The van der Waals surface area contributed by atoms with Crippen LogP contribution in [0, 0.1) is 5.92 Å². The largest absolute Gasteiger partial charge is 0.393 e. The topological polar surface area (TPSA) is 136 Å². The van der Waals surface area contributed by atoms with E-state index in [9.17, 15) is 19.5 Å². The van der Waals surface area contributed by atoms with Gasteiger partial charge >= 0.3 is 0 Å². The van der Waals surface area contributed by atoms with E-state index >= 15 is 0 Å². The van der Waals surface area contributed by atoms with Crippen LogP contribution in [0.3, 0.4) is 0 Å². The number of H-pyrrole nitrogens is 1. The Hall–Kier alpha value is -2.95. The number of nitrogens with one attached hydrogen (secondary N) is 2. The van der Waals surface area contributed by atoms with Gasteiger partial charge in [-0.25, -0.2) is 0 Å². The highest BCUT2D eigenvalue weighted by atomic mass is 16.3. The van der Waals surface area contributed by atoms with Crippen LogP contribution in [0.1, 0.15) is 32.1 Å². The highest BCUT2D eigenvalue weighted by Gasteiger charge is 2.29. The Morgan fingerprint density at radius 1 is 1.13 bits per heavy atom. The second-order valence-corrected chi connectivity index (χ2v) is 8.31. The lowest BCUT2D eigenvalue weighted by Gasteiger charge is -2.33. The number of aromatic nitrogens is 4. The molecule has 1 saturated heterocycles. The molecule has 0 aromatic carbocycles. The SMILES string of the molecule is Cn1ncc2c(=O)[nH]c(N3CCNC(=O)CCN(C(=O)C4CCC(O)CC4)CC3)nc21. The van der Waals surface area contributed by atoms with Crippen LogP contribution < -0.4 is 15.8 Å². The van der Waals surface area contributed by atoms with Gasteiger partial charge in [0.2, 0.25) is 17.8 Å². The fourth-order valence-electron chi connectivity index (χ4n) is 4.30. The lowest BCUT2D eigenvalue weighted by Crippen LogP contribution is -2.47. The molecule has 1 aliphatic heterocycles. The van der Waals surface area contributed by atoms with E-state index in [0.717, 1.165) is 0 Å². The number of carbonyl (C=O) groups excluding carboxylic acids is 2. The van der Waals surface area contributed by atoms with Crippen molar-refractivity contribution < 1.29 is 14.7 Å². The van der Waals surface area contributed by atoms with Crippen LogP contribution in [-0.4, -0.2) is 80.4 Å². The Labute approximate surface area is 179 Å². The smallest absolute Gasteiger partial charge is 0.263 e. The van der Waals surface area contributed by atoms with E-state index in [1.165, 1.54) is 6.20 Å². The summed E-state index contributed by atoms with van der Waals surface area (Å²) in [6, 6.07) is 0. The molecule has 3 N–H and O–H groups in total. The van der Waals surface area contributed by atoms with Gasteiger partial charge in [0.15, 0.2) is 5.65 Å². The van der Waals surface area contributed by atoms with Gasteiger partial charge in [0.05, 0.1) is 12.3 Å². The molecule has 2 amide bonds. The van der Waals surface area contributed by atoms with E-state index in [4.69, 9.17) is 0 Å². The van der Waals surface area contributed by atoms with Gasteiger partial charge < -0.3 is 20.2 Å². The van der Waals surface area contributed by atoms with Gasteiger partial charge in [0.1, 0.15) is 5.39 Å². The Kier molecular flexibility index (Phi) is 6.21. The number of fused-ring (bicyclic) bond motifs is 1. The van der Waals surface area contributed by atoms with E-state index in [0.29, 0.717) is 75.4 Å². The first kappa shape index (κ1) is 21.3. The zero-order valence-corrected chi connectivity index (χ0v) is 17.7. The van der Waals surface area contributed by atoms with Crippen LogP contribution in [0.15, 0.2) is 11.0 Å². The minimum atomic E-state index is -0.325. The van der Waals surface area contributed by atoms with Crippen molar-refractivity contribution in [3.63, 3.8) is 0 Å². The molecule has 168 valence electrons. The van der Waals surface area contributed by atoms with Crippen molar-refractivity contribution in [2.75, 3.05) is 37.6 Å². The Morgan fingerprint density at radius 2 is 1.90 bits per heavy atom. The number of hydrogen-bond donors (Lipinski definition) is 3. The molecule has 2 fully saturated rings. The Balaban J connectivity index is 1.54. The minimum Gasteiger partial charge on any atom is -0.393 e. The predicted octanol–water partition coefficient (Wildman–Crippen LogP) is -0.637. The van der Waals surface area contributed by atoms with Gasteiger partial charge in [0, 0.05) is 52.1 Å². The van der Waals surface area contributed by atoms with Crippen LogP contribution in [-0.2, 0) is 16.6 Å². The van der Waals surface area contributed by atoms with Gasteiger partial charge in [-0.3, -0.25) is 24.0 Å². The van der Waals surface area contributed by atoms with Gasteiger partial charge in [-0.1, -0.05) is 0 Å². The molecule has 0 spiro atoms. The van der Waals surface area contributed by atoms with E-state index in [1.807, 2.05) is 4.90 Å². The molecule has 0 bridgehead atoms. The zero-order valence-electron chi connectivity index (χ0n) is 17.7. The maximum atomic E-state index is 13.1. The average molecular weight is 431 g/mol. The summed E-state index contributed by atoms with van der Waals surface area (Å²) in [5, 5.41) is 17.1. The van der Waals surface area contributed by atoms with Crippen LogP contribution in [0.2, 0.25) is 0 Å². The highest BCUT2D eigenvalue weighted by Crippen LogP contribution is 2.26. The fourth-order valence-corrected chi connectivity index (χ4v) is 4.30. The highest BCUT2D eigenvalue weighted by molar-refractivity contribution is 5.81. The lowest BCUT2D eigenvalue weighted by molar-refractivity contribution is -0.137. The van der Waals surface area contributed by atoms with Gasteiger partial charge in [-0.2, -0.15) is 10.1 Å². The summed E-state index contributed by atoms with van der Waals surface area (Å²) in [7, 11) is 1.73. The van der Waals surface area contributed by atoms with Crippen molar-refractivity contribution in [2.24, 2.45) is 13.0 Å². The predicted molar refractivity (Wildman–Crippen MR) is 114 cm³/mol. The van der Waals surface area contributed by atoms with Crippen LogP contribution in [0.25, 0.3) is 11.0 Å². The Bertz CT molecular complexity index is 1010. The quantitative estimate of drug-likeness (QED) is 0.575. The molecule has 0 unspecified atom stereocenters.